The maximum atomic E-state index is 12.4. The summed E-state index contributed by atoms with van der Waals surface area (Å²) in [5.41, 5.74) is -0.855. The molecule has 28 heavy (non-hydrogen) atoms. The van der Waals surface area contributed by atoms with E-state index in [1.807, 2.05) is 30.3 Å². The van der Waals surface area contributed by atoms with Crippen LogP contribution >= 0.6 is 0 Å². The van der Waals surface area contributed by atoms with Gasteiger partial charge in [0.25, 0.3) is 0 Å². The third-order valence-electron chi connectivity index (χ3n) is 5.26. The Balaban J connectivity index is 1.83. The highest BCUT2D eigenvalue weighted by Gasteiger charge is 2.40. The van der Waals surface area contributed by atoms with Crippen molar-refractivity contribution in [2.75, 3.05) is 6.61 Å². The SMILES string of the molecule is CC(CC(C)C(=O)OCC1(c2occ3ccccc23)C=CCC(=O)C1)C(=O)O. The molecule has 0 saturated heterocycles. The second-order valence-corrected chi connectivity index (χ2v) is 7.61. The number of Topliss-reactive ketones (excluding diaryl/α,β-unsaturated/α-hetero) is 1. The molecule has 0 bridgehead atoms. The van der Waals surface area contributed by atoms with Crippen molar-refractivity contribution in [3.63, 3.8) is 0 Å². The van der Waals surface area contributed by atoms with E-state index in [2.05, 4.69) is 0 Å². The Labute approximate surface area is 163 Å². The third kappa shape index (κ3) is 4.01. The lowest BCUT2D eigenvalue weighted by molar-refractivity contribution is -0.151. The van der Waals surface area contributed by atoms with Gasteiger partial charge in [-0.1, -0.05) is 50.3 Å². The quantitative estimate of drug-likeness (QED) is 0.575. The molecule has 148 valence electrons. The van der Waals surface area contributed by atoms with Crippen LogP contribution in [0.15, 0.2) is 47.1 Å². The van der Waals surface area contributed by atoms with Gasteiger partial charge in [-0.3, -0.25) is 14.4 Å². The molecule has 3 rings (SSSR count). The number of fused-ring (bicyclic) bond motifs is 1. The molecule has 0 aliphatic heterocycles. The summed E-state index contributed by atoms with van der Waals surface area (Å²) in [7, 11) is 0. The fraction of sp³-hybridized carbons (Fsp3) is 0.409. The largest absolute Gasteiger partial charge is 0.481 e. The number of hydrogen-bond donors (Lipinski definition) is 1. The van der Waals surface area contributed by atoms with Crippen LogP contribution in [0, 0.1) is 11.8 Å². The van der Waals surface area contributed by atoms with Crippen LogP contribution in [0.25, 0.3) is 10.8 Å². The van der Waals surface area contributed by atoms with Gasteiger partial charge in [0.15, 0.2) is 0 Å². The first-order valence-corrected chi connectivity index (χ1v) is 9.38. The molecule has 2 aromatic rings. The van der Waals surface area contributed by atoms with Crippen LogP contribution < -0.4 is 0 Å². The number of aliphatic carboxylic acids is 1. The number of esters is 1. The second-order valence-electron chi connectivity index (χ2n) is 7.61. The van der Waals surface area contributed by atoms with Gasteiger partial charge in [-0.15, -0.1) is 0 Å². The summed E-state index contributed by atoms with van der Waals surface area (Å²) in [4.78, 5) is 35.7. The molecule has 1 aliphatic rings. The predicted octanol–water partition coefficient (Wildman–Crippen LogP) is 3.88. The Morgan fingerprint density at radius 2 is 2.00 bits per heavy atom. The van der Waals surface area contributed by atoms with Gasteiger partial charge < -0.3 is 14.3 Å². The number of benzene rings is 1. The molecular formula is C22H24O6. The standard InChI is InChI=1S/C22H24O6/c1-14(20(24)25)10-15(2)21(26)28-13-22(9-5-7-17(23)11-22)19-18-8-4-3-6-16(18)12-27-19/h3-6,8-9,12,14-15H,7,10-11,13H2,1-2H3,(H,24,25). The molecule has 1 heterocycles. The summed E-state index contributed by atoms with van der Waals surface area (Å²) in [5, 5.41) is 10.8. The number of allylic oxidation sites excluding steroid dienone is 1. The molecule has 0 radical (unpaired) electrons. The van der Waals surface area contributed by atoms with Crippen molar-refractivity contribution in [1.29, 1.82) is 0 Å². The number of ketones is 1. The average Bonchev–Trinajstić information content (AvgIpc) is 3.10. The van der Waals surface area contributed by atoms with E-state index in [9.17, 15) is 14.4 Å². The first kappa shape index (κ1) is 19.9. The summed E-state index contributed by atoms with van der Waals surface area (Å²) < 4.78 is 11.4. The van der Waals surface area contributed by atoms with Gasteiger partial charge in [-0.2, -0.15) is 0 Å². The number of carbonyl (C=O) groups is 3. The van der Waals surface area contributed by atoms with Gasteiger partial charge in [0.2, 0.25) is 0 Å². The Bertz CT molecular complexity index is 924. The maximum Gasteiger partial charge on any atom is 0.308 e. The molecule has 1 aromatic heterocycles. The zero-order valence-corrected chi connectivity index (χ0v) is 16.0. The van der Waals surface area contributed by atoms with Crippen LogP contribution in [0.1, 0.15) is 38.9 Å². The molecular weight excluding hydrogens is 360 g/mol. The molecule has 6 nitrogen and oxygen atoms in total. The minimum Gasteiger partial charge on any atom is -0.481 e. The molecule has 1 aliphatic carbocycles. The Hall–Kier alpha value is -2.89. The van der Waals surface area contributed by atoms with Crippen LogP contribution in [0.4, 0.5) is 0 Å². The number of carboxylic acid groups (broad SMARTS) is 1. The Morgan fingerprint density at radius 1 is 1.25 bits per heavy atom. The van der Waals surface area contributed by atoms with Gasteiger partial charge in [-0.25, -0.2) is 0 Å². The van der Waals surface area contributed by atoms with Gasteiger partial charge in [0.1, 0.15) is 18.2 Å². The summed E-state index contributed by atoms with van der Waals surface area (Å²) in [6.07, 6.45) is 6.04. The molecule has 1 aromatic carbocycles. The van der Waals surface area contributed by atoms with Crippen molar-refractivity contribution in [3.8, 4) is 0 Å². The van der Waals surface area contributed by atoms with Crippen LogP contribution in [-0.4, -0.2) is 29.4 Å². The fourth-order valence-electron chi connectivity index (χ4n) is 3.67. The average molecular weight is 384 g/mol. The van der Waals surface area contributed by atoms with Crippen LogP contribution in [0.5, 0.6) is 0 Å². The number of carboxylic acids is 1. The van der Waals surface area contributed by atoms with Gasteiger partial charge in [0.05, 0.1) is 23.5 Å². The van der Waals surface area contributed by atoms with E-state index >= 15 is 0 Å². The van der Waals surface area contributed by atoms with Crippen molar-refractivity contribution in [2.45, 2.75) is 38.5 Å². The minimum absolute atomic E-state index is 0.0304. The topological polar surface area (TPSA) is 93.8 Å². The van der Waals surface area contributed by atoms with Gasteiger partial charge in [0, 0.05) is 23.6 Å². The summed E-state index contributed by atoms with van der Waals surface area (Å²) in [6.45, 7) is 3.18. The fourth-order valence-corrected chi connectivity index (χ4v) is 3.67. The number of carbonyl (C=O) groups excluding carboxylic acids is 2. The number of rotatable bonds is 7. The smallest absolute Gasteiger partial charge is 0.308 e. The highest BCUT2D eigenvalue weighted by Crippen LogP contribution is 2.39. The van der Waals surface area contributed by atoms with E-state index in [0.717, 1.165) is 10.8 Å². The van der Waals surface area contributed by atoms with E-state index in [1.165, 1.54) is 0 Å². The van der Waals surface area contributed by atoms with Crippen LogP contribution in [-0.2, 0) is 24.5 Å². The highest BCUT2D eigenvalue weighted by molar-refractivity contribution is 5.88. The Kier molecular flexibility index (Phi) is 5.68. The van der Waals surface area contributed by atoms with Crippen LogP contribution in [0.2, 0.25) is 0 Å². The normalized spacial score (nSPS) is 21.4. The third-order valence-corrected chi connectivity index (χ3v) is 5.26. The maximum absolute atomic E-state index is 12.4. The number of furan rings is 1. The lowest BCUT2D eigenvalue weighted by Gasteiger charge is -2.31. The van der Waals surface area contributed by atoms with Gasteiger partial charge in [-0.05, 0) is 6.42 Å². The number of hydrogen-bond acceptors (Lipinski definition) is 5. The zero-order valence-electron chi connectivity index (χ0n) is 16.0. The molecule has 3 unspecified atom stereocenters. The van der Waals surface area contributed by atoms with Crippen molar-refractivity contribution in [2.24, 2.45) is 11.8 Å². The van der Waals surface area contributed by atoms with E-state index in [-0.39, 0.29) is 25.2 Å². The van der Waals surface area contributed by atoms with E-state index in [0.29, 0.717) is 12.2 Å². The highest BCUT2D eigenvalue weighted by atomic mass is 16.5. The predicted molar refractivity (Wildman–Crippen MR) is 103 cm³/mol. The molecule has 1 N–H and O–H groups in total. The van der Waals surface area contributed by atoms with Crippen LogP contribution in [0.3, 0.4) is 0 Å². The molecule has 3 atom stereocenters. The summed E-state index contributed by atoms with van der Waals surface area (Å²) >= 11 is 0. The summed E-state index contributed by atoms with van der Waals surface area (Å²) in [5.74, 6) is -1.96. The van der Waals surface area contributed by atoms with Crippen molar-refractivity contribution < 1.29 is 28.6 Å². The first-order valence-electron chi connectivity index (χ1n) is 9.38. The summed E-state index contributed by atoms with van der Waals surface area (Å²) in [6, 6.07) is 7.64. The monoisotopic (exact) mass is 384 g/mol. The lowest BCUT2D eigenvalue weighted by Crippen LogP contribution is -2.36. The lowest BCUT2D eigenvalue weighted by atomic mass is 9.76. The Morgan fingerprint density at radius 3 is 2.71 bits per heavy atom. The van der Waals surface area contributed by atoms with Gasteiger partial charge >= 0.3 is 11.9 Å². The molecule has 0 spiro atoms. The van der Waals surface area contributed by atoms with E-state index in [4.69, 9.17) is 14.3 Å². The minimum atomic E-state index is -0.945. The molecule has 0 saturated carbocycles. The van der Waals surface area contributed by atoms with Crippen molar-refractivity contribution >= 4 is 28.5 Å². The molecule has 0 amide bonds. The van der Waals surface area contributed by atoms with Crippen molar-refractivity contribution in [3.05, 3.63) is 48.4 Å². The van der Waals surface area contributed by atoms with E-state index in [1.54, 1.807) is 26.2 Å². The molecule has 6 heteroatoms. The van der Waals surface area contributed by atoms with Crippen molar-refractivity contribution in [1.82, 2.24) is 0 Å². The number of ether oxygens (including phenoxy) is 1. The zero-order chi connectivity index (χ0) is 20.3. The second kappa shape index (κ2) is 8.00. The first-order chi connectivity index (χ1) is 13.3. The van der Waals surface area contributed by atoms with E-state index < -0.39 is 29.2 Å². The molecule has 0 fully saturated rings.